The van der Waals surface area contributed by atoms with Gasteiger partial charge in [-0.1, -0.05) is 0 Å². The lowest BCUT2D eigenvalue weighted by Crippen LogP contribution is -2.33. The standard InChI is InChI=1S/C16H21N3O/c1-19(11-12-4-2-3-9-20-12)16-6-5-15(17)13-7-8-18-10-14(13)16/h5-8,10,12H,2-4,9,11,17H2,1H3. The Labute approximate surface area is 119 Å². The third kappa shape index (κ3) is 2.56. The molecule has 3 rings (SSSR count). The Morgan fingerprint density at radius 3 is 3.00 bits per heavy atom. The van der Waals surface area contributed by atoms with Crippen LogP contribution in [0.25, 0.3) is 10.8 Å². The van der Waals surface area contributed by atoms with E-state index in [2.05, 4.69) is 23.0 Å². The van der Waals surface area contributed by atoms with Crippen LogP contribution in [0.15, 0.2) is 30.6 Å². The van der Waals surface area contributed by atoms with E-state index in [1.165, 1.54) is 12.8 Å². The van der Waals surface area contributed by atoms with Gasteiger partial charge in [0, 0.05) is 54.7 Å². The molecule has 1 unspecified atom stereocenters. The second-order valence-corrected chi connectivity index (χ2v) is 5.46. The maximum absolute atomic E-state index is 6.04. The van der Waals surface area contributed by atoms with Gasteiger partial charge in [-0.2, -0.15) is 0 Å². The molecule has 1 aliphatic rings. The number of rotatable bonds is 3. The first-order valence-corrected chi connectivity index (χ1v) is 7.20. The molecule has 106 valence electrons. The summed E-state index contributed by atoms with van der Waals surface area (Å²) >= 11 is 0. The van der Waals surface area contributed by atoms with Crippen molar-refractivity contribution in [2.75, 3.05) is 30.8 Å². The van der Waals surface area contributed by atoms with E-state index in [1.54, 1.807) is 6.20 Å². The molecule has 1 atom stereocenters. The van der Waals surface area contributed by atoms with Gasteiger partial charge < -0.3 is 15.4 Å². The van der Waals surface area contributed by atoms with Gasteiger partial charge in [0.2, 0.25) is 0 Å². The topological polar surface area (TPSA) is 51.4 Å². The van der Waals surface area contributed by atoms with E-state index in [1.807, 2.05) is 18.3 Å². The predicted octanol–water partition coefficient (Wildman–Crippen LogP) is 2.82. The van der Waals surface area contributed by atoms with Crippen LogP contribution in [0.5, 0.6) is 0 Å². The number of fused-ring (bicyclic) bond motifs is 1. The molecule has 4 nitrogen and oxygen atoms in total. The molecule has 0 aliphatic carbocycles. The highest BCUT2D eigenvalue weighted by molar-refractivity contribution is 6.00. The van der Waals surface area contributed by atoms with Crippen LogP contribution >= 0.6 is 0 Å². The van der Waals surface area contributed by atoms with Crippen LogP contribution in [0.4, 0.5) is 11.4 Å². The number of nitrogens with two attached hydrogens (primary N) is 1. The summed E-state index contributed by atoms with van der Waals surface area (Å²) < 4.78 is 5.82. The molecule has 2 N–H and O–H groups in total. The van der Waals surface area contributed by atoms with Gasteiger partial charge in [0.25, 0.3) is 0 Å². The van der Waals surface area contributed by atoms with Gasteiger partial charge in [-0.3, -0.25) is 4.98 Å². The number of nitrogen functional groups attached to an aromatic ring is 1. The van der Waals surface area contributed by atoms with E-state index in [-0.39, 0.29) is 0 Å². The average Bonchev–Trinajstić information content (AvgIpc) is 2.49. The van der Waals surface area contributed by atoms with Gasteiger partial charge in [-0.15, -0.1) is 0 Å². The Morgan fingerprint density at radius 1 is 1.30 bits per heavy atom. The first-order chi connectivity index (χ1) is 9.75. The summed E-state index contributed by atoms with van der Waals surface area (Å²) in [4.78, 5) is 6.48. The number of hydrogen-bond acceptors (Lipinski definition) is 4. The van der Waals surface area contributed by atoms with Gasteiger partial charge in [0.15, 0.2) is 0 Å². The molecule has 1 fully saturated rings. The molecule has 20 heavy (non-hydrogen) atoms. The van der Waals surface area contributed by atoms with Crippen molar-refractivity contribution in [2.45, 2.75) is 25.4 Å². The Morgan fingerprint density at radius 2 is 2.20 bits per heavy atom. The predicted molar refractivity (Wildman–Crippen MR) is 83.0 cm³/mol. The molecular formula is C16H21N3O. The summed E-state index contributed by atoms with van der Waals surface area (Å²) in [6.07, 6.45) is 7.61. The Hall–Kier alpha value is -1.81. The van der Waals surface area contributed by atoms with Crippen molar-refractivity contribution >= 4 is 22.1 Å². The molecule has 4 heteroatoms. The lowest BCUT2D eigenvalue weighted by molar-refractivity contribution is 0.0216. The number of aromatic nitrogens is 1. The zero-order valence-electron chi connectivity index (χ0n) is 11.9. The highest BCUT2D eigenvalue weighted by atomic mass is 16.5. The van der Waals surface area contributed by atoms with Crippen molar-refractivity contribution in [2.24, 2.45) is 0 Å². The summed E-state index contributed by atoms with van der Waals surface area (Å²) in [5, 5.41) is 2.17. The average molecular weight is 271 g/mol. The molecule has 1 aromatic carbocycles. The molecule has 0 bridgehead atoms. The third-order valence-corrected chi connectivity index (χ3v) is 3.99. The summed E-state index contributed by atoms with van der Waals surface area (Å²) in [6, 6.07) is 6.01. The van der Waals surface area contributed by atoms with Crippen LogP contribution in [-0.2, 0) is 4.74 Å². The quantitative estimate of drug-likeness (QED) is 0.872. The van der Waals surface area contributed by atoms with Crippen molar-refractivity contribution in [1.29, 1.82) is 0 Å². The normalized spacial score (nSPS) is 19.1. The number of hydrogen-bond donors (Lipinski definition) is 1. The Balaban J connectivity index is 1.87. The van der Waals surface area contributed by atoms with Crippen LogP contribution in [0.2, 0.25) is 0 Å². The molecule has 1 saturated heterocycles. The molecule has 1 aliphatic heterocycles. The van der Waals surface area contributed by atoms with Crippen LogP contribution in [-0.4, -0.2) is 31.3 Å². The molecule has 2 aromatic rings. The van der Waals surface area contributed by atoms with Crippen LogP contribution in [0, 0.1) is 0 Å². The first kappa shape index (κ1) is 13.2. The SMILES string of the molecule is CN(CC1CCCCO1)c1ccc(N)c2ccncc12. The van der Waals surface area contributed by atoms with E-state index in [4.69, 9.17) is 10.5 Å². The van der Waals surface area contributed by atoms with Gasteiger partial charge >= 0.3 is 0 Å². The fraction of sp³-hybridized carbons (Fsp3) is 0.438. The summed E-state index contributed by atoms with van der Waals surface area (Å²) in [6.45, 7) is 1.80. The van der Waals surface area contributed by atoms with Crippen molar-refractivity contribution < 1.29 is 4.74 Å². The van der Waals surface area contributed by atoms with Gasteiger partial charge in [0.05, 0.1) is 6.10 Å². The molecule has 0 amide bonds. The van der Waals surface area contributed by atoms with Crippen molar-refractivity contribution in [3.63, 3.8) is 0 Å². The lowest BCUT2D eigenvalue weighted by atomic mass is 10.1. The molecule has 0 spiro atoms. The van der Waals surface area contributed by atoms with Crippen molar-refractivity contribution in [3.05, 3.63) is 30.6 Å². The second kappa shape index (κ2) is 5.67. The molecule has 2 heterocycles. The Kier molecular flexibility index (Phi) is 3.74. The monoisotopic (exact) mass is 271 g/mol. The van der Waals surface area contributed by atoms with Crippen LogP contribution < -0.4 is 10.6 Å². The summed E-state index contributed by atoms with van der Waals surface area (Å²) in [5.74, 6) is 0. The lowest BCUT2D eigenvalue weighted by Gasteiger charge is -2.29. The minimum atomic E-state index is 0.332. The van der Waals surface area contributed by atoms with Crippen LogP contribution in [0.1, 0.15) is 19.3 Å². The van der Waals surface area contributed by atoms with Gasteiger partial charge in [0.1, 0.15) is 0 Å². The number of nitrogens with zero attached hydrogens (tertiary/aromatic N) is 2. The Bertz CT molecular complexity index is 593. The van der Waals surface area contributed by atoms with E-state index in [9.17, 15) is 0 Å². The largest absolute Gasteiger partial charge is 0.398 e. The molecule has 0 saturated carbocycles. The molecular weight excluding hydrogens is 250 g/mol. The zero-order chi connectivity index (χ0) is 13.9. The fourth-order valence-corrected chi connectivity index (χ4v) is 2.89. The molecule has 1 aromatic heterocycles. The maximum Gasteiger partial charge on any atom is 0.0749 e. The highest BCUT2D eigenvalue weighted by Crippen LogP contribution is 2.30. The first-order valence-electron chi connectivity index (χ1n) is 7.20. The fourth-order valence-electron chi connectivity index (χ4n) is 2.89. The van der Waals surface area contributed by atoms with Crippen molar-refractivity contribution in [1.82, 2.24) is 4.98 Å². The molecule has 0 radical (unpaired) electrons. The van der Waals surface area contributed by atoms with E-state index in [0.29, 0.717) is 6.10 Å². The highest BCUT2D eigenvalue weighted by Gasteiger charge is 2.17. The van der Waals surface area contributed by atoms with Crippen LogP contribution in [0.3, 0.4) is 0 Å². The minimum Gasteiger partial charge on any atom is -0.398 e. The van der Waals surface area contributed by atoms with E-state index < -0.39 is 0 Å². The zero-order valence-corrected chi connectivity index (χ0v) is 11.9. The summed E-state index contributed by atoms with van der Waals surface area (Å²) in [7, 11) is 2.11. The minimum absolute atomic E-state index is 0.332. The van der Waals surface area contributed by atoms with Gasteiger partial charge in [-0.25, -0.2) is 0 Å². The smallest absolute Gasteiger partial charge is 0.0749 e. The number of anilines is 2. The second-order valence-electron chi connectivity index (χ2n) is 5.46. The number of pyridine rings is 1. The number of benzene rings is 1. The maximum atomic E-state index is 6.04. The number of ether oxygens (including phenoxy) is 1. The van der Waals surface area contributed by atoms with E-state index >= 15 is 0 Å². The number of likely N-dealkylation sites (N-methyl/N-ethyl adjacent to an activating group) is 1. The van der Waals surface area contributed by atoms with Gasteiger partial charge in [-0.05, 0) is 37.5 Å². The third-order valence-electron chi connectivity index (χ3n) is 3.99. The van der Waals surface area contributed by atoms with Crippen molar-refractivity contribution in [3.8, 4) is 0 Å². The van der Waals surface area contributed by atoms with E-state index in [0.717, 1.165) is 41.7 Å². The summed E-state index contributed by atoms with van der Waals surface area (Å²) in [5.41, 5.74) is 8.00.